The van der Waals surface area contributed by atoms with Gasteiger partial charge >= 0.3 is 6.18 Å². The Morgan fingerprint density at radius 3 is 2.30 bits per heavy atom. The summed E-state index contributed by atoms with van der Waals surface area (Å²) >= 11 is 12.6. The third kappa shape index (κ3) is 7.27. The molecule has 0 amide bonds. The molecule has 2 atom stereocenters. The maximum atomic E-state index is 13.2. The Labute approximate surface area is 275 Å². The first-order chi connectivity index (χ1) is 21.8. The molecule has 2 unspecified atom stereocenters. The molecule has 14 heteroatoms. The number of aromatic nitrogens is 2. The van der Waals surface area contributed by atoms with E-state index in [9.17, 15) is 25.8 Å². The van der Waals surface area contributed by atoms with Crippen molar-refractivity contribution in [2.45, 2.75) is 18.1 Å². The van der Waals surface area contributed by atoms with E-state index in [1.807, 2.05) is 51.3 Å². The summed E-state index contributed by atoms with van der Waals surface area (Å²) in [6.07, 6.45) is 1.10. The van der Waals surface area contributed by atoms with Gasteiger partial charge in [-0.25, -0.2) is 9.19 Å². The monoisotopic (exact) mass is 702 g/mol. The van der Waals surface area contributed by atoms with Crippen molar-refractivity contribution in [3.8, 4) is 22.4 Å². The average molecular weight is 704 g/mol. The second kappa shape index (κ2) is 12.8. The summed E-state index contributed by atoms with van der Waals surface area (Å²) in [6, 6.07) is 24.5. The van der Waals surface area contributed by atoms with Gasteiger partial charge in [0, 0.05) is 23.3 Å². The Hall–Kier alpha value is -3.78. The summed E-state index contributed by atoms with van der Waals surface area (Å²) in [6.45, 7) is 0.393. The number of alkyl halides is 3. The van der Waals surface area contributed by atoms with Crippen LogP contribution in [0.3, 0.4) is 0 Å². The van der Waals surface area contributed by atoms with E-state index in [4.69, 9.17) is 28.2 Å². The maximum Gasteiger partial charge on any atom is 0.416 e. The summed E-state index contributed by atoms with van der Waals surface area (Å²) in [7, 11) is -5.65. The van der Waals surface area contributed by atoms with Crippen molar-refractivity contribution in [1.82, 2.24) is 18.4 Å². The molecule has 1 aliphatic heterocycles. The molecule has 46 heavy (non-hydrogen) atoms. The van der Waals surface area contributed by atoms with Crippen molar-refractivity contribution in [1.29, 1.82) is 0 Å². The smallest absolute Gasteiger partial charge is 0.326 e. The lowest BCUT2D eigenvalue weighted by molar-refractivity contribution is -0.137. The summed E-state index contributed by atoms with van der Waals surface area (Å²) in [5.74, 6) is 0.598. The Balaban J connectivity index is 1.27. The zero-order valence-corrected chi connectivity index (χ0v) is 26.6. The highest BCUT2D eigenvalue weighted by Gasteiger charge is 2.34. The number of hydrogen-bond acceptors (Lipinski definition) is 4. The Morgan fingerprint density at radius 1 is 0.913 bits per heavy atom. The highest BCUT2D eigenvalue weighted by Crippen LogP contribution is 2.33. The molecule has 4 aromatic carbocycles. The van der Waals surface area contributed by atoms with E-state index < -0.39 is 38.3 Å². The van der Waals surface area contributed by atoms with Gasteiger partial charge < -0.3 is 4.57 Å². The molecule has 1 aromatic heterocycles. The summed E-state index contributed by atoms with van der Waals surface area (Å²) in [5, 5.41) is 0.0231. The molecule has 2 heterocycles. The Bertz CT molecular complexity index is 2080. The molecule has 1 saturated heterocycles. The molecule has 236 valence electrons. The van der Waals surface area contributed by atoms with Crippen LogP contribution in [-0.2, 0) is 33.9 Å². The van der Waals surface area contributed by atoms with E-state index in [1.54, 1.807) is 48.5 Å². The van der Waals surface area contributed by atoms with Crippen molar-refractivity contribution < 1.29 is 25.8 Å². The van der Waals surface area contributed by atoms with Gasteiger partial charge in [0.15, 0.2) is 0 Å². The lowest BCUT2D eigenvalue weighted by atomic mass is 10.0. The van der Waals surface area contributed by atoms with Crippen molar-refractivity contribution in [3.63, 3.8) is 0 Å². The van der Waals surface area contributed by atoms with Crippen LogP contribution < -0.4 is 8.85 Å². The van der Waals surface area contributed by atoms with Gasteiger partial charge in [0.1, 0.15) is 22.2 Å². The number of imidazole rings is 1. The first-order valence-electron chi connectivity index (χ1n) is 13.6. The molecule has 7 nitrogen and oxygen atoms in total. The van der Waals surface area contributed by atoms with Crippen molar-refractivity contribution >= 4 is 56.5 Å². The molecule has 0 radical (unpaired) electrons. The third-order valence-corrected chi connectivity index (χ3v) is 10.8. The van der Waals surface area contributed by atoms with Crippen LogP contribution in [0.25, 0.3) is 34.5 Å². The topological polar surface area (TPSA) is 93.1 Å². The van der Waals surface area contributed by atoms with E-state index in [0.29, 0.717) is 50.4 Å². The van der Waals surface area contributed by atoms with Gasteiger partial charge in [-0.15, -0.1) is 4.13 Å². The van der Waals surface area contributed by atoms with Crippen LogP contribution in [-0.4, -0.2) is 22.2 Å². The van der Waals surface area contributed by atoms with E-state index in [0.717, 1.165) is 23.3 Å². The Kier molecular flexibility index (Phi) is 8.94. The molecule has 2 N–H and O–H groups in total. The molecule has 0 spiro atoms. The first kappa shape index (κ1) is 32.2. The maximum absolute atomic E-state index is 13.2. The molecular weight excluding hydrogens is 680 g/mol. The van der Waals surface area contributed by atoms with E-state index in [1.165, 1.54) is 6.07 Å². The van der Waals surface area contributed by atoms with Crippen molar-refractivity contribution in [3.05, 3.63) is 135 Å². The van der Waals surface area contributed by atoms with Crippen LogP contribution in [0, 0.1) is 0 Å². The number of hydrogen-bond donors (Lipinski definition) is 2. The van der Waals surface area contributed by atoms with Crippen LogP contribution in [0.5, 0.6) is 0 Å². The van der Waals surface area contributed by atoms with Crippen molar-refractivity contribution in [2.24, 2.45) is 0 Å². The second-order valence-corrected chi connectivity index (χ2v) is 14.2. The van der Waals surface area contributed by atoms with Crippen LogP contribution >= 0.6 is 23.2 Å². The minimum atomic E-state index is -4.42. The predicted octanol–water partition coefficient (Wildman–Crippen LogP) is 7.86. The lowest BCUT2D eigenvalue weighted by Crippen LogP contribution is -2.23. The summed E-state index contributed by atoms with van der Waals surface area (Å²) in [5.41, 5.74) is 3.92. The zero-order valence-electron chi connectivity index (χ0n) is 23.5. The van der Waals surface area contributed by atoms with Gasteiger partial charge in [-0.3, -0.25) is 0 Å². The van der Waals surface area contributed by atoms with Gasteiger partial charge in [-0.2, -0.15) is 26.3 Å². The average Bonchev–Trinajstić information content (AvgIpc) is 3.54. The van der Waals surface area contributed by atoms with Crippen LogP contribution in [0.1, 0.15) is 33.5 Å². The Morgan fingerprint density at radius 2 is 1.65 bits per heavy atom. The number of halogens is 5. The van der Waals surface area contributed by atoms with Crippen LogP contribution in [0.2, 0.25) is 10.0 Å². The molecule has 6 rings (SSSR count). The second-order valence-electron chi connectivity index (χ2n) is 10.4. The minimum Gasteiger partial charge on any atom is -0.326 e. The summed E-state index contributed by atoms with van der Waals surface area (Å²) < 4.78 is 81.5. The fourth-order valence-corrected chi connectivity index (χ4v) is 8.40. The fourth-order valence-electron chi connectivity index (χ4n) is 4.90. The predicted molar refractivity (Wildman–Crippen MR) is 175 cm³/mol. The molecule has 0 aliphatic carbocycles. The highest BCUT2D eigenvalue weighted by atomic mass is 35.5. The molecule has 5 aromatic rings. The molecule has 1 aliphatic rings. The number of nitrogens with one attached hydrogen (secondary N) is 2. The quantitative estimate of drug-likeness (QED) is 0.181. The van der Waals surface area contributed by atoms with Gasteiger partial charge in [0.2, 0.25) is 0 Å². The van der Waals surface area contributed by atoms with E-state index in [2.05, 4.69) is 4.72 Å². The third-order valence-electron chi connectivity index (χ3n) is 7.18. The number of nitrogens with zero attached hydrogens (tertiary/aromatic N) is 2. The van der Waals surface area contributed by atoms with Gasteiger partial charge in [0.25, 0.3) is 10.2 Å². The SMILES string of the molecule is O=S1NS(=O)(=O)NC1c1ccc(Cn2cc(-c3ccc(Cl)cc3Cl)nc2C=Cc2ccc(-c3cccc(C(F)(F)F)c3)cc2)cc1. The van der Waals surface area contributed by atoms with Gasteiger partial charge in [0.05, 0.1) is 16.3 Å². The molecule has 0 bridgehead atoms. The van der Waals surface area contributed by atoms with Crippen molar-refractivity contribution in [2.75, 3.05) is 0 Å². The lowest BCUT2D eigenvalue weighted by Gasteiger charge is -2.10. The normalized spacial score (nSPS) is 17.9. The molecular formula is C32H23Cl2F3N4O3S2. The number of benzene rings is 4. The molecule has 1 fully saturated rings. The van der Waals surface area contributed by atoms with Crippen LogP contribution in [0.4, 0.5) is 13.2 Å². The van der Waals surface area contributed by atoms with Gasteiger partial charge in [-0.05, 0) is 64.2 Å². The summed E-state index contributed by atoms with van der Waals surface area (Å²) in [4.78, 5) is 4.80. The minimum absolute atomic E-state index is 0.393. The zero-order chi connectivity index (χ0) is 32.6. The van der Waals surface area contributed by atoms with Crippen LogP contribution in [0.15, 0.2) is 97.2 Å². The highest BCUT2D eigenvalue weighted by molar-refractivity contribution is 8.03. The van der Waals surface area contributed by atoms with E-state index >= 15 is 0 Å². The first-order valence-corrected chi connectivity index (χ1v) is 17.1. The fraction of sp³-hybridized carbons (Fsp3) is 0.0938. The van der Waals surface area contributed by atoms with Gasteiger partial charge in [-0.1, -0.05) is 89.9 Å². The van der Waals surface area contributed by atoms with E-state index in [-0.39, 0.29) is 0 Å². The largest absolute Gasteiger partial charge is 0.416 e. The number of rotatable bonds is 7. The molecule has 0 saturated carbocycles. The standard InChI is InChI=1S/C32H23Cl2F3N4O3S2/c33-26-13-14-27(28(34)17-26)29-19-41(18-21-6-11-23(12-7-21)31-39-46(43,44)40-45(31)42)30(38-29)15-8-20-4-9-22(10-5-20)24-2-1-3-25(16-24)32(35,36)37/h1-17,19,31,39-40H,18H2.